The van der Waals surface area contributed by atoms with Gasteiger partial charge in [-0.3, -0.25) is 9.59 Å². The lowest BCUT2D eigenvalue weighted by Gasteiger charge is -2.31. The molecule has 2 N–H and O–H groups in total. The maximum Gasteiger partial charge on any atom is 0.310 e. The Hall–Kier alpha value is -1.59. The molecule has 1 atom stereocenters. The normalized spacial score (nSPS) is 15.2. The maximum atomic E-state index is 12.2. The summed E-state index contributed by atoms with van der Waals surface area (Å²) in [5, 5.41) is 6.09. The summed E-state index contributed by atoms with van der Waals surface area (Å²) in [6.07, 6.45) is 0.222. The van der Waals surface area contributed by atoms with E-state index in [0.717, 1.165) is 24.3 Å². The third kappa shape index (κ3) is 5.00. The van der Waals surface area contributed by atoms with E-state index in [1.54, 1.807) is 6.92 Å². The summed E-state index contributed by atoms with van der Waals surface area (Å²) in [6.45, 7) is 5.91. The van der Waals surface area contributed by atoms with Gasteiger partial charge < -0.3 is 15.4 Å². The van der Waals surface area contributed by atoms with Crippen molar-refractivity contribution in [2.24, 2.45) is 11.8 Å². The summed E-state index contributed by atoms with van der Waals surface area (Å²) in [7, 11) is 0. The van der Waals surface area contributed by atoms with Crippen LogP contribution in [0.2, 0.25) is 0 Å². The van der Waals surface area contributed by atoms with Crippen molar-refractivity contribution in [3.63, 3.8) is 0 Å². The quantitative estimate of drug-likeness (QED) is 0.785. The molecule has 2 rings (SSSR count). The van der Waals surface area contributed by atoms with Crippen molar-refractivity contribution >= 4 is 30.0 Å². The molecular weight excluding hydrogens is 304 g/mol. The molecule has 0 spiro atoms. The Balaban J connectivity index is 0.00000242. The summed E-state index contributed by atoms with van der Waals surface area (Å²) >= 11 is 0. The first-order chi connectivity index (χ1) is 10.1. The molecule has 5 nitrogen and oxygen atoms in total. The molecule has 22 heavy (non-hydrogen) atoms. The number of esters is 1. The van der Waals surface area contributed by atoms with E-state index in [-0.39, 0.29) is 36.6 Å². The highest BCUT2D eigenvalue weighted by atomic mass is 35.5. The number of halogens is 1. The van der Waals surface area contributed by atoms with Crippen LogP contribution in [0.15, 0.2) is 24.3 Å². The highest BCUT2D eigenvalue weighted by molar-refractivity contribution is 5.92. The van der Waals surface area contributed by atoms with Gasteiger partial charge in [-0.25, -0.2) is 0 Å². The van der Waals surface area contributed by atoms with Gasteiger partial charge in [-0.2, -0.15) is 0 Å². The average Bonchev–Trinajstić information content (AvgIpc) is 2.37. The van der Waals surface area contributed by atoms with Gasteiger partial charge >= 0.3 is 5.97 Å². The number of carbonyl (C=O) groups is 2. The van der Waals surface area contributed by atoms with Crippen LogP contribution in [-0.4, -0.2) is 31.6 Å². The van der Waals surface area contributed by atoms with Gasteiger partial charge in [0.25, 0.3) is 0 Å². The molecule has 122 valence electrons. The summed E-state index contributed by atoms with van der Waals surface area (Å²) in [6, 6.07) is 7.34. The molecule has 6 heteroatoms. The van der Waals surface area contributed by atoms with E-state index in [9.17, 15) is 9.59 Å². The third-order valence-electron chi connectivity index (χ3n) is 3.78. The van der Waals surface area contributed by atoms with Crippen LogP contribution in [0, 0.1) is 11.8 Å². The minimum atomic E-state index is -0.255. The van der Waals surface area contributed by atoms with E-state index in [2.05, 4.69) is 10.6 Å². The second-order valence-electron chi connectivity index (χ2n) is 5.38. The Labute approximate surface area is 137 Å². The standard InChI is InChI=1S/C16H22N2O3.ClH/c1-3-21-15(19)8-12-5-4-6-14(7-12)18-16(20)11(2)13-9-17-10-13;/h4-7,11,13,17H,3,8-10H2,1-2H3,(H,18,20);1H. The van der Waals surface area contributed by atoms with Crippen LogP contribution in [0.5, 0.6) is 0 Å². The van der Waals surface area contributed by atoms with Gasteiger partial charge in [0, 0.05) is 11.6 Å². The largest absolute Gasteiger partial charge is 0.466 e. The fraction of sp³-hybridized carbons (Fsp3) is 0.500. The molecule has 0 bridgehead atoms. The molecule has 1 amide bonds. The zero-order valence-electron chi connectivity index (χ0n) is 12.9. The number of anilines is 1. The molecule has 0 aliphatic carbocycles. The summed E-state index contributed by atoms with van der Waals surface area (Å²) < 4.78 is 4.93. The smallest absolute Gasteiger partial charge is 0.310 e. The predicted octanol–water partition coefficient (Wildman–Crippen LogP) is 2.01. The summed E-state index contributed by atoms with van der Waals surface area (Å²) in [5.41, 5.74) is 1.56. The topological polar surface area (TPSA) is 67.4 Å². The molecule has 1 aromatic carbocycles. The fourth-order valence-corrected chi connectivity index (χ4v) is 2.27. The van der Waals surface area contributed by atoms with Crippen molar-refractivity contribution in [2.75, 3.05) is 25.0 Å². The fourth-order valence-electron chi connectivity index (χ4n) is 2.27. The maximum absolute atomic E-state index is 12.2. The monoisotopic (exact) mass is 326 g/mol. The van der Waals surface area contributed by atoms with Gasteiger partial charge in [-0.1, -0.05) is 19.1 Å². The van der Waals surface area contributed by atoms with Gasteiger partial charge in [-0.05, 0) is 43.6 Å². The molecule has 1 fully saturated rings. The highest BCUT2D eigenvalue weighted by Crippen LogP contribution is 2.19. The minimum Gasteiger partial charge on any atom is -0.466 e. The Bertz CT molecular complexity index is 518. The number of hydrogen-bond acceptors (Lipinski definition) is 4. The van der Waals surface area contributed by atoms with Crippen molar-refractivity contribution < 1.29 is 14.3 Å². The number of nitrogens with one attached hydrogen (secondary N) is 2. The van der Waals surface area contributed by atoms with Gasteiger partial charge in [0.15, 0.2) is 0 Å². The molecule has 0 aromatic heterocycles. The van der Waals surface area contributed by atoms with E-state index in [4.69, 9.17) is 4.74 Å². The van der Waals surface area contributed by atoms with Crippen molar-refractivity contribution in [1.82, 2.24) is 5.32 Å². The first-order valence-electron chi connectivity index (χ1n) is 7.36. The van der Waals surface area contributed by atoms with Gasteiger partial charge in [-0.15, -0.1) is 12.4 Å². The van der Waals surface area contributed by atoms with Crippen LogP contribution in [0.1, 0.15) is 19.4 Å². The second-order valence-corrected chi connectivity index (χ2v) is 5.38. The minimum absolute atomic E-state index is 0. The zero-order valence-corrected chi connectivity index (χ0v) is 13.7. The summed E-state index contributed by atoms with van der Waals surface area (Å²) in [5.74, 6) is 0.164. The van der Waals surface area contributed by atoms with Gasteiger partial charge in [0.2, 0.25) is 5.91 Å². The Morgan fingerprint density at radius 2 is 2.14 bits per heavy atom. The average molecular weight is 327 g/mol. The van der Waals surface area contributed by atoms with E-state index in [0.29, 0.717) is 12.5 Å². The molecule has 0 saturated carbocycles. The van der Waals surface area contributed by atoms with Gasteiger partial charge in [0.05, 0.1) is 13.0 Å². The molecule has 1 saturated heterocycles. The second kappa shape index (κ2) is 8.76. The zero-order chi connectivity index (χ0) is 15.2. The lowest BCUT2D eigenvalue weighted by atomic mass is 9.88. The van der Waals surface area contributed by atoms with Crippen molar-refractivity contribution in [3.8, 4) is 0 Å². The third-order valence-corrected chi connectivity index (χ3v) is 3.78. The SMILES string of the molecule is CCOC(=O)Cc1cccc(NC(=O)C(C)C2CNC2)c1.Cl. The van der Waals surface area contributed by atoms with E-state index < -0.39 is 0 Å². The molecule has 1 aliphatic rings. The van der Waals surface area contributed by atoms with Crippen LogP contribution in [0.25, 0.3) is 0 Å². The van der Waals surface area contributed by atoms with Crippen LogP contribution >= 0.6 is 12.4 Å². The number of carbonyl (C=O) groups excluding carboxylic acids is 2. The van der Waals surface area contributed by atoms with Crippen LogP contribution < -0.4 is 10.6 Å². The predicted molar refractivity (Wildman–Crippen MR) is 88.2 cm³/mol. The molecule has 0 radical (unpaired) electrons. The van der Waals surface area contributed by atoms with Gasteiger partial charge in [0.1, 0.15) is 0 Å². The Kier molecular flexibility index (Phi) is 7.35. The highest BCUT2D eigenvalue weighted by Gasteiger charge is 2.28. The molecule has 1 aliphatic heterocycles. The van der Waals surface area contributed by atoms with Crippen molar-refractivity contribution in [2.45, 2.75) is 20.3 Å². The van der Waals surface area contributed by atoms with Crippen molar-refractivity contribution in [3.05, 3.63) is 29.8 Å². The Morgan fingerprint density at radius 1 is 1.41 bits per heavy atom. The van der Waals surface area contributed by atoms with Crippen molar-refractivity contribution in [1.29, 1.82) is 0 Å². The number of ether oxygens (including phenoxy) is 1. The molecule has 1 heterocycles. The summed E-state index contributed by atoms with van der Waals surface area (Å²) in [4.78, 5) is 23.6. The number of rotatable bonds is 6. The lowest BCUT2D eigenvalue weighted by Crippen LogP contribution is -2.48. The van der Waals surface area contributed by atoms with E-state index >= 15 is 0 Å². The van der Waals surface area contributed by atoms with Crippen LogP contribution in [0.4, 0.5) is 5.69 Å². The van der Waals surface area contributed by atoms with E-state index in [1.165, 1.54) is 0 Å². The lowest BCUT2D eigenvalue weighted by molar-refractivity contribution is -0.142. The molecule has 1 aromatic rings. The number of amides is 1. The Morgan fingerprint density at radius 3 is 2.73 bits per heavy atom. The number of hydrogen-bond donors (Lipinski definition) is 2. The first kappa shape index (κ1) is 18.5. The first-order valence-corrected chi connectivity index (χ1v) is 7.36. The van der Waals surface area contributed by atoms with Crippen LogP contribution in [0.3, 0.4) is 0 Å². The molecule has 1 unspecified atom stereocenters. The molecular formula is C16H23ClN2O3. The van der Waals surface area contributed by atoms with E-state index in [1.807, 2.05) is 31.2 Å². The van der Waals surface area contributed by atoms with Crippen LogP contribution in [-0.2, 0) is 20.7 Å². The number of benzene rings is 1.